The maximum absolute atomic E-state index is 5.62. The van der Waals surface area contributed by atoms with Gasteiger partial charge in [-0.05, 0) is 18.2 Å². The lowest BCUT2D eigenvalue weighted by Gasteiger charge is -2.10. The number of fused-ring (bicyclic) bond motifs is 1. The first kappa shape index (κ1) is 10.3. The number of hydrogen-bond donors (Lipinski definition) is 1. The van der Waals surface area contributed by atoms with E-state index < -0.39 is 0 Å². The Morgan fingerprint density at radius 1 is 1.18 bits per heavy atom. The van der Waals surface area contributed by atoms with Gasteiger partial charge >= 0.3 is 0 Å². The van der Waals surface area contributed by atoms with E-state index in [1.54, 1.807) is 0 Å². The minimum atomic E-state index is 0.271. The summed E-state index contributed by atoms with van der Waals surface area (Å²) in [6.45, 7) is 1.47. The standard InChI is InChI=1S/C14H14N2O/c1-2-7-14-12(6-1)13(10-17-14)16-9-11-5-3-4-8-15-11/h1-8,13,16H,9-10H2. The maximum Gasteiger partial charge on any atom is 0.124 e. The van der Waals surface area contributed by atoms with Crippen LogP contribution in [0.15, 0.2) is 48.7 Å². The number of benzene rings is 1. The molecule has 0 radical (unpaired) electrons. The molecule has 1 atom stereocenters. The van der Waals surface area contributed by atoms with Crippen LogP contribution in [-0.2, 0) is 6.54 Å². The molecule has 0 aliphatic carbocycles. The summed E-state index contributed by atoms with van der Waals surface area (Å²) in [5, 5.41) is 3.47. The zero-order valence-electron chi connectivity index (χ0n) is 9.47. The Kier molecular flexibility index (Phi) is 2.76. The molecule has 0 fully saturated rings. The Labute approximate surface area is 100 Å². The molecule has 1 aliphatic heterocycles. The highest BCUT2D eigenvalue weighted by Gasteiger charge is 2.22. The van der Waals surface area contributed by atoms with Crippen molar-refractivity contribution in [2.45, 2.75) is 12.6 Å². The van der Waals surface area contributed by atoms with Crippen molar-refractivity contribution in [2.75, 3.05) is 6.61 Å². The lowest BCUT2D eigenvalue weighted by molar-refractivity contribution is 0.310. The predicted molar refractivity (Wildman–Crippen MR) is 65.8 cm³/mol. The molecule has 3 rings (SSSR count). The van der Waals surface area contributed by atoms with E-state index in [0.717, 1.165) is 18.0 Å². The number of rotatable bonds is 3. The van der Waals surface area contributed by atoms with E-state index in [0.29, 0.717) is 6.61 Å². The van der Waals surface area contributed by atoms with Gasteiger partial charge in [0.05, 0.1) is 11.7 Å². The van der Waals surface area contributed by atoms with Crippen LogP contribution >= 0.6 is 0 Å². The van der Waals surface area contributed by atoms with Crippen molar-refractivity contribution >= 4 is 0 Å². The quantitative estimate of drug-likeness (QED) is 0.872. The number of aromatic nitrogens is 1. The monoisotopic (exact) mass is 226 g/mol. The summed E-state index contributed by atoms with van der Waals surface area (Å²) in [4.78, 5) is 4.29. The van der Waals surface area contributed by atoms with Gasteiger partial charge in [-0.15, -0.1) is 0 Å². The molecule has 0 bridgehead atoms. The summed E-state index contributed by atoms with van der Waals surface area (Å²) < 4.78 is 5.62. The molecule has 3 heteroatoms. The van der Waals surface area contributed by atoms with Crippen LogP contribution in [0.25, 0.3) is 0 Å². The average molecular weight is 226 g/mol. The second-order valence-electron chi connectivity index (χ2n) is 4.10. The van der Waals surface area contributed by atoms with Crippen LogP contribution in [-0.4, -0.2) is 11.6 Å². The summed E-state index contributed by atoms with van der Waals surface area (Å²) in [6, 6.07) is 14.4. The fourth-order valence-electron chi connectivity index (χ4n) is 2.06. The molecule has 0 saturated carbocycles. The second kappa shape index (κ2) is 4.55. The molecule has 1 aromatic heterocycles. The molecular weight excluding hydrogens is 212 g/mol. The van der Waals surface area contributed by atoms with Gasteiger partial charge in [0, 0.05) is 18.3 Å². The van der Waals surface area contributed by atoms with Crippen LogP contribution in [0.2, 0.25) is 0 Å². The Balaban J connectivity index is 1.68. The van der Waals surface area contributed by atoms with Gasteiger partial charge < -0.3 is 10.1 Å². The van der Waals surface area contributed by atoms with E-state index in [1.807, 2.05) is 42.6 Å². The van der Waals surface area contributed by atoms with Crippen molar-refractivity contribution in [1.29, 1.82) is 0 Å². The van der Waals surface area contributed by atoms with Crippen molar-refractivity contribution in [1.82, 2.24) is 10.3 Å². The smallest absolute Gasteiger partial charge is 0.124 e. The molecule has 3 nitrogen and oxygen atoms in total. The number of para-hydroxylation sites is 1. The average Bonchev–Trinajstić information content (AvgIpc) is 2.81. The van der Waals surface area contributed by atoms with E-state index >= 15 is 0 Å². The Bertz CT molecular complexity index is 499. The Hall–Kier alpha value is -1.87. The molecule has 1 unspecified atom stereocenters. The highest BCUT2D eigenvalue weighted by atomic mass is 16.5. The highest BCUT2D eigenvalue weighted by molar-refractivity contribution is 5.39. The number of hydrogen-bond acceptors (Lipinski definition) is 3. The first-order valence-electron chi connectivity index (χ1n) is 5.78. The fourth-order valence-corrected chi connectivity index (χ4v) is 2.06. The van der Waals surface area contributed by atoms with Gasteiger partial charge in [-0.1, -0.05) is 24.3 Å². The third kappa shape index (κ3) is 2.15. The third-order valence-electron chi connectivity index (χ3n) is 2.96. The molecule has 2 heterocycles. The van der Waals surface area contributed by atoms with Gasteiger partial charge in [-0.25, -0.2) is 0 Å². The van der Waals surface area contributed by atoms with Crippen LogP contribution in [0.1, 0.15) is 17.3 Å². The summed E-state index contributed by atoms with van der Waals surface area (Å²) in [5.74, 6) is 0.992. The lowest BCUT2D eigenvalue weighted by atomic mass is 10.1. The number of nitrogens with one attached hydrogen (secondary N) is 1. The van der Waals surface area contributed by atoms with E-state index in [9.17, 15) is 0 Å². The minimum absolute atomic E-state index is 0.271. The van der Waals surface area contributed by atoms with Crippen LogP contribution in [0, 0.1) is 0 Å². The number of ether oxygens (including phenoxy) is 1. The van der Waals surface area contributed by atoms with Crippen molar-refractivity contribution in [3.63, 3.8) is 0 Å². The highest BCUT2D eigenvalue weighted by Crippen LogP contribution is 2.31. The van der Waals surface area contributed by atoms with E-state index in [4.69, 9.17) is 4.74 Å². The molecule has 2 aromatic rings. The fraction of sp³-hybridized carbons (Fsp3) is 0.214. The lowest BCUT2D eigenvalue weighted by Crippen LogP contribution is -2.22. The van der Waals surface area contributed by atoms with Crippen LogP contribution in [0.5, 0.6) is 5.75 Å². The summed E-state index contributed by atoms with van der Waals surface area (Å²) >= 11 is 0. The van der Waals surface area contributed by atoms with Crippen LogP contribution in [0.4, 0.5) is 0 Å². The normalized spacial score (nSPS) is 17.5. The summed E-state index contributed by atoms with van der Waals surface area (Å²) in [6.07, 6.45) is 1.82. The van der Waals surface area contributed by atoms with Crippen LogP contribution < -0.4 is 10.1 Å². The second-order valence-corrected chi connectivity index (χ2v) is 4.10. The number of nitrogens with zero attached hydrogens (tertiary/aromatic N) is 1. The third-order valence-corrected chi connectivity index (χ3v) is 2.96. The molecular formula is C14H14N2O. The van der Waals surface area contributed by atoms with Crippen molar-refractivity contribution in [2.24, 2.45) is 0 Å². The first-order chi connectivity index (χ1) is 8.43. The molecule has 0 saturated heterocycles. The van der Waals surface area contributed by atoms with E-state index in [1.165, 1.54) is 5.56 Å². The SMILES string of the molecule is c1ccc(CNC2COc3ccccc32)nc1. The molecule has 1 aromatic carbocycles. The van der Waals surface area contributed by atoms with Crippen molar-refractivity contribution in [3.8, 4) is 5.75 Å². The van der Waals surface area contributed by atoms with Crippen molar-refractivity contribution in [3.05, 3.63) is 59.9 Å². The maximum atomic E-state index is 5.62. The molecule has 17 heavy (non-hydrogen) atoms. The summed E-state index contributed by atoms with van der Waals surface area (Å²) in [5.41, 5.74) is 2.29. The van der Waals surface area contributed by atoms with Gasteiger partial charge in [0.1, 0.15) is 12.4 Å². The molecule has 1 aliphatic rings. The topological polar surface area (TPSA) is 34.1 Å². The van der Waals surface area contributed by atoms with Gasteiger partial charge in [0.15, 0.2) is 0 Å². The Morgan fingerprint density at radius 3 is 2.94 bits per heavy atom. The zero-order chi connectivity index (χ0) is 11.5. The minimum Gasteiger partial charge on any atom is -0.491 e. The van der Waals surface area contributed by atoms with Gasteiger partial charge in [0.25, 0.3) is 0 Å². The predicted octanol–water partition coefficient (Wildman–Crippen LogP) is 2.30. The van der Waals surface area contributed by atoms with E-state index in [2.05, 4.69) is 16.4 Å². The molecule has 0 spiro atoms. The Morgan fingerprint density at radius 2 is 2.06 bits per heavy atom. The molecule has 0 amide bonds. The molecule has 1 N–H and O–H groups in total. The van der Waals surface area contributed by atoms with Gasteiger partial charge in [0.2, 0.25) is 0 Å². The zero-order valence-corrected chi connectivity index (χ0v) is 9.47. The number of pyridine rings is 1. The molecule has 86 valence electrons. The van der Waals surface area contributed by atoms with Crippen LogP contribution in [0.3, 0.4) is 0 Å². The van der Waals surface area contributed by atoms with Gasteiger partial charge in [-0.3, -0.25) is 4.98 Å². The van der Waals surface area contributed by atoms with E-state index in [-0.39, 0.29) is 6.04 Å². The first-order valence-corrected chi connectivity index (χ1v) is 5.78. The van der Waals surface area contributed by atoms with Crippen molar-refractivity contribution < 1.29 is 4.74 Å². The largest absolute Gasteiger partial charge is 0.491 e. The van der Waals surface area contributed by atoms with Gasteiger partial charge in [-0.2, -0.15) is 0 Å². The summed E-state index contributed by atoms with van der Waals surface area (Å²) in [7, 11) is 0.